The number of amides is 1. The molecule has 0 aliphatic carbocycles. The van der Waals surface area contributed by atoms with E-state index in [0.29, 0.717) is 18.3 Å². The second-order valence-electron chi connectivity index (χ2n) is 5.48. The van der Waals surface area contributed by atoms with Crippen molar-refractivity contribution < 1.29 is 33.2 Å². The molecule has 148 valence electrons. The van der Waals surface area contributed by atoms with E-state index >= 15 is 0 Å². The van der Waals surface area contributed by atoms with Crippen LogP contribution in [0, 0.1) is 5.89 Å². The molecule has 2 aromatic rings. The Bertz CT molecular complexity index is 1520. The second-order valence-corrected chi connectivity index (χ2v) is 6.26. The summed E-state index contributed by atoms with van der Waals surface area (Å²) < 4.78 is 138. The fourth-order valence-corrected chi connectivity index (χ4v) is 3.11. The van der Waals surface area contributed by atoms with E-state index in [1.54, 1.807) is 0 Å². The zero-order valence-corrected chi connectivity index (χ0v) is 15.2. The lowest BCUT2D eigenvalue weighted by Gasteiger charge is -2.30. The number of fused-ring (bicyclic) bond motifs is 1. The molecule has 27 heavy (non-hydrogen) atoms. The van der Waals surface area contributed by atoms with Crippen molar-refractivity contribution in [3.63, 3.8) is 0 Å². The van der Waals surface area contributed by atoms with Gasteiger partial charge in [0, 0.05) is 38.2 Å². The summed E-state index contributed by atoms with van der Waals surface area (Å²) in [5.74, 6) is -6.07. The first-order chi connectivity index (χ1) is 19.4. The summed E-state index contributed by atoms with van der Waals surface area (Å²) >= 11 is 0.401. The van der Waals surface area contributed by atoms with Gasteiger partial charge in [-0.25, -0.2) is 4.98 Å². The van der Waals surface area contributed by atoms with Crippen LogP contribution in [0.5, 0.6) is 5.75 Å². The van der Waals surface area contributed by atoms with Crippen molar-refractivity contribution in [3.8, 4) is 5.75 Å². The molecule has 1 aliphatic rings. The first-order valence-corrected chi connectivity index (χ1v) is 8.54. The molecule has 0 bridgehead atoms. The van der Waals surface area contributed by atoms with Gasteiger partial charge in [0.2, 0.25) is 0 Å². The molecule has 3 heterocycles. The summed E-state index contributed by atoms with van der Waals surface area (Å²) in [6, 6.07) is -2.81. The van der Waals surface area contributed by atoms with Crippen LogP contribution >= 0.6 is 11.3 Å². The Morgan fingerprint density at radius 1 is 1.81 bits per heavy atom. The zero-order chi connectivity index (χ0) is 34.6. The molecule has 1 saturated heterocycles. The van der Waals surface area contributed by atoms with Crippen molar-refractivity contribution in [2.75, 3.05) is 26.0 Å². The lowest BCUT2D eigenvalue weighted by atomic mass is 10.0. The fourth-order valence-electron chi connectivity index (χ4n) is 2.34. The smallest absolute Gasteiger partial charge is 0.268 e. The Kier molecular flexibility index (Phi) is 2.32. The maximum atomic E-state index is 13.5. The maximum absolute atomic E-state index is 13.5. The van der Waals surface area contributed by atoms with Crippen LogP contribution in [0.1, 0.15) is 78.2 Å². The average Bonchev–Trinajstić information content (AvgIpc) is 3.22. The van der Waals surface area contributed by atoms with E-state index in [9.17, 15) is 14.7 Å². The molecular weight excluding hydrogens is 364 g/mol. The SMILES string of the molecule is [2H]c1nc2c(O)c(C(=O)N([2H])C([2H])([2H])CCN3C([2H])([2H])C([2H])([2H])C([2H])([2H])C([2H])(C)C3([2H])[2H])c(=O)n(C([2H])(C)C([2H])([2H])[2H])c2s1. The topological polar surface area (TPSA) is 87.5 Å². The summed E-state index contributed by atoms with van der Waals surface area (Å²) in [6.07, 6.45) is -8.09. The monoisotopic (exact) mass is 409 g/mol. The van der Waals surface area contributed by atoms with Crippen molar-refractivity contribution in [1.29, 1.82) is 0 Å². The Labute approximate surface area is 187 Å². The predicted octanol–water partition coefficient (Wildman–Crippen LogP) is 2.60. The minimum atomic E-state index is -3.52. The molecule has 2 aromatic heterocycles. The molecule has 0 radical (unpaired) electrons. The van der Waals surface area contributed by atoms with Crippen LogP contribution in [0.4, 0.5) is 0 Å². The average molecular weight is 410 g/mol. The number of piperidine rings is 1. The normalized spacial score (nSPS) is 40.9. The van der Waals surface area contributed by atoms with Gasteiger partial charge in [-0.1, -0.05) is 6.92 Å². The van der Waals surface area contributed by atoms with E-state index < -0.39 is 108 Å². The minimum Gasteiger partial charge on any atom is -0.505 e. The highest BCUT2D eigenvalue weighted by atomic mass is 32.1. The van der Waals surface area contributed by atoms with Crippen molar-refractivity contribution >= 4 is 27.6 Å². The summed E-state index contributed by atoms with van der Waals surface area (Å²) in [4.78, 5) is 30.1. The van der Waals surface area contributed by atoms with Gasteiger partial charge in [0.25, 0.3) is 11.5 Å². The molecule has 1 amide bonds. The third kappa shape index (κ3) is 4.16. The third-order valence-electron chi connectivity index (χ3n) is 3.50. The predicted molar refractivity (Wildman–Crippen MR) is 108 cm³/mol. The first kappa shape index (κ1) is 7.48. The lowest BCUT2D eigenvalue weighted by Crippen LogP contribution is -2.37. The number of aromatic nitrogens is 2. The molecule has 0 aromatic carbocycles. The summed E-state index contributed by atoms with van der Waals surface area (Å²) in [6.45, 7) is -12.9. The lowest BCUT2D eigenvalue weighted by molar-refractivity contribution is 0.0945. The van der Waals surface area contributed by atoms with Gasteiger partial charge in [-0.15, -0.1) is 11.3 Å². The van der Waals surface area contributed by atoms with Gasteiger partial charge in [0.15, 0.2) is 7.16 Å². The summed E-state index contributed by atoms with van der Waals surface area (Å²) in [7, 11) is 0. The number of thiazole rings is 1. The van der Waals surface area contributed by atoms with E-state index in [4.69, 9.17) is 23.3 Å². The van der Waals surface area contributed by atoms with Crippen molar-refractivity contribution in [2.45, 2.75) is 45.9 Å². The van der Waals surface area contributed by atoms with E-state index in [2.05, 4.69) is 4.98 Å². The molecule has 2 N–H and O–H groups in total. The number of rotatable bonds is 6. The first-order valence-electron chi connectivity index (χ1n) is 16.2. The molecule has 1 fully saturated rings. The van der Waals surface area contributed by atoms with Gasteiger partial charge >= 0.3 is 0 Å². The zero-order valence-electron chi connectivity index (χ0n) is 31.4. The molecule has 1 aliphatic heterocycles. The van der Waals surface area contributed by atoms with E-state index in [1.165, 1.54) is 0 Å². The van der Waals surface area contributed by atoms with E-state index in [-0.39, 0.29) is 9.47 Å². The number of nitrogens with zero attached hydrogens (tertiary/aromatic N) is 3. The van der Waals surface area contributed by atoms with Crippen LogP contribution in [-0.4, -0.2) is 51.5 Å². The molecule has 2 unspecified atom stereocenters. The van der Waals surface area contributed by atoms with Crippen molar-refractivity contribution in [3.05, 3.63) is 21.4 Å². The summed E-state index contributed by atoms with van der Waals surface area (Å²) in [5.41, 5.74) is -4.21. The van der Waals surface area contributed by atoms with Crippen LogP contribution in [0.25, 0.3) is 10.3 Å². The van der Waals surface area contributed by atoms with Crippen LogP contribution in [0.15, 0.2) is 10.3 Å². The minimum absolute atomic E-state index is 0.0773. The number of hydrogen-bond donors (Lipinski definition) is 2. The summed E-state index contributed by atoms with van der Waals surface area (Å²) in [5, 5.41) is 10.3. The van der Waals surface area contributed by atoms with Crippen LogP contribution < -0.4 is 10.9 Å². The number of nitrogens with one attached hydrogen (secondary N) is 1. The van der Waals surface area contributed by atoms with Gasteiger partial charge in [-0.2, -0.15) is 0 Å². The molecule has 0 spiro atoms. The molecule has 8 heteroatoms. The van der Waals surface area contributed by atoms with Gasteiger partial charge < -0.3 is 15.3 Å². The Hall–Kier alpha value is -1.93. The fraction of sp³-hybridized carbons (Fsp3) is 0.632. The van der Waals surface area contributed by atoms with Gasteiger partial charge in [0.05, 0.1) is 8.23 Å². The number of aromatic hydroxyl groups is 1. The van der Waals surface area contributed by atoms with Crippen LogP contribution in [0.2, 0.25) is 1.41 Å². The molecule has 3 rings (SSSR count). The highest BCUT2D eigenvalue weighted by molar-refractivity contribution is 7.16. The highest BCUT2D eigenvalue weighted by Crippen LogP contribution is 2.29. The molecule has 2 atom stereocenters. The highest BCUT2D eigenvalue weighted by Gasteiger charge is 2.24. The number of pyridine rings is 1. The standard InChI is InChI=1S/C19H28N4O3S/c1-12(2)23-18(26)14(16(24)15-19(23)27-11-21-15)17(25)20-7-5-9-22-8-4-6-13(3)10-22/h11-13,24H,4-10H2,1-3H3,(H,20,25)/i1D3,4D2,6D2,7D2,8D2,10D2,11D,12D,13D/hD. The Morgan fingerprint density at radius 2 is 2.63 bits per heavy atom. The van der Waals surface area contributed by atoms with Crippen LogP contribution in [0.3, 0.4) is 0 Å². The number of likely N-dealkylation sites (tertiary alicyclic amines) is 1. The maximum Gasteiger partial charge on any atom is 0.268 e. The van der Waals surface area contributed by atoms with Crippen molar-refractivity contribution in [1.82, 2.24) is 19.8 Å². The third-order valence-corrected chi connectivity index (χ3v) is 4.26. The van der Waals surface area contributed by atoms with E-state index in [1.807, 2.05) is 0 Å². The van der Waals surface area contributed by atoms with Gasteiger partial charge in [0.1, 0.15) is 15.9 Å². The van der Waals surface area contributed by atoms with Gasteiger partial charge in [-0.05, 0) is 51.9 Å². The Balaban J connectivity index is 2.09. The molecule has 7 nitrogen and oxygen atoms in total. The quantitative estimate of drug-likeness (QED) is 0.766. The van der Waals surface area contributed by atoms with Crippen LogP contribution in [-0.2, 0) is 0 Å². The van der Waals surface area contributed by atoms with Gasteiger partial charge in [-0.3, -0.25) is 14.2 Å². The van der Waals surface area contributed by atoms with Crippen molar-refractivity contribution in [2.24, 2.45) is 5.89 Å². The number of carbonyl (C=O) groups excluding carboxylic acids is 1. The second kappa shape index (κ2) is 8.39. The van der Waals surface area contributed by atoms with E-state index in [0.717, 1.165) is 6.92 Å². The number of hydrogen-bond acceptors (Lipinski definition) is 6. The molecular formula is C19H28N4O3S. The number of carbonyl (C=O) groups is 1. The molecule has 0 saturated carbocycles. The Morgan fingerprint density at radius 3 is 3.41 bits per heavy atom. The largest absolute Gasteiger partial charge is 0.505 e.